The monoisotopic (exact) mass is 350 g/mol. The number of pyridine rings is 1. The number of nitrogens with one attached hydrogen (secondary N) is 2. The number of unbranched alkanes of at least 4 members (excludes halogenated alkanes) is 2. The average molecular weight is 350 g/mol. The summed E-state index contributed by atoms with van der Waals surface area (Å²) in [4.78, 5) is 38.9. The van der Waals surface area contributed by atoms with Gasteiger partial charge in [-0.15, -0.1) is 0 Å². The lowest BCUT2D eigenvalue weighted by atomic mass is 9.99. The van der Waals surface area contributed by atoms with Crippen LogP contribution in [0.4, 0.5) is 11.4 Å². The van der Waals surface area contributed by atoms with Gasteiger partial charge >= 0.3 is 5.97 Å². The van der Waals surface area contributed by atoms with Crippen LogP contribution in [0.3, 0.4) is 0 Å². The van der Waals surface area contributed by atoms with E-state index in [1.807, 2.05) is 0 Å². The zero-order chi connectivity index (χ0) is 19.0. The maximum atomic E-state index is 12.2. The van der Waals surface area contributed by atoms with Crippen molar-refractivity contribution in [2.24, 2.45) is 0 Å². The van der Waals surface area contributed by atoms with Gasteiger partial charge in [-0.25, -0.2) is 4.79 Å². The Bertz CT molecular complexity index is 644. The van der Waals surface area contributed by atoms with E-state index >= 15 is 0 Å². The fourth-order valence-corrected chi connectivity index (χ4v) is 2.36. The molecule has 0 spiro atoms. The number of rotatable bonds is 9. The average Bonchev–Trinajstić information content (AvgIpc) is 2.48. The van der Waals surface area contributed by atoms with E-state index in [-0.39, 0.29) is 29.3 Å². The van der Waals surface area contributed by atoms with Crippen molar-refractivity contribution in [2.45, 2.75) is 58.4 Å². The first-order chi connectivity index (χ1) is 11.7. The summed E-state index contributed by atoms with van der Waals surface area (Å²) >= 11 is 0. The number of aromatic carboxylic acids is 1. The SMILES string of the molecule is CCCCCC(=O)NC(C)(C)CC(=O)Nc1cncc(C(=O)O)c1N. The lowest BCUT2D eigenvalue weighted by molar-refractivity contribution is -0.123. The van der Waals surface area contributed by atoms with Crippen LogP contribution in [0.5, 0.6) is 0 Å². The van der Waals surface area contributed by atoms with Crippen LogP contribution in [0.25, 0.3) is 0 Å². The second-order valence-corrected chi connectivity index (χ2v) is 6.57. The molecule has 25 heavy (non-hydrogen) atoms. The van der Waals surface area contributed by atoms with Gasteiger partial charge in [-0.05, 0) is 20.3 Å². The van der Waals surface area contributed by atoms with Crippen molar-refractivity contribution in [3.63, 3.8) is 0 Å². The third-order valence-corrected chi connectivity index (χ3v) is 3.58. The molecule has 0 fully saturated rings. The second-order valence-electron chi connectivity index (χ2n) is 6.57. The Morgan fingerprint density at radius 2 is 1.88 bits per heavy atom. The molecule has 0 radical (unpaired) electrons. The van der Waals surface area contributed by atoms with E-state index in [0.717, 1.165) is 25.5 Å². The summed E-state index contributed by atoms with van der Waals surface area (Å²) < 4.78 is 0. The highest BCUT2D eigenvalue weighted by Gasteiger charge is 2.24. The van der Waals surface area contributed by atoms with E-state index in [1.54, 1.807) is 13.8 Å². The first kappa shape index (κ1) is 20.4. The van der Waals surface area contributed by atoms with E-state index in [0.29, 0.717) is 6.42 Å². The lowest BCUT2D eigenvalue weighted by Gasteiger charge is -2.26. The Morgan fingerprint density at radius 1 is 1.20 bits per heavy atom. The molecule has 0 unspecified atom stereocenters. The van der Waals surface area contributed by atoms with Crippen LogP contribution in [0.15, 0.2) is 12.4 Å². The highest BCUT2D eigenvalue weighted by molar-refractivity contribution is 6.01. The van der Waals surface area contributed by atoms with Crippen LogP contribution in [0, 0.1) is 0 Å². The number of nitrogen functional groups attached to an aromatic ring is 1. The minimum Gasteiger partial charge on any atom is -0.478 e. The van der Waals surface area contributed by atoms with Crippen molar-refractivity contribution in [1.29, 1.82) is 0 Å². The second kappa shape index (κ2) is 9.00. The molecule has 0 bridgehead atoms. The van der Waals surface area contributed by atoms with Crippen LogP contribution in [-0.4, -0.2) is 33.4 Å². The van der Waals surface area contributed by atoms with Crippen molar-refractivity contribution < 1.29 is 19.5 Å². The molecule has 1 aromatic heterocycles. The number of carbonyl (C=O) groups is 3. The van der Waals surface area contributed by atoms with E-state index in [4.69, 9.17) is 10.8 Å². The first-order valence-electron chi connectivity index (χ1n) is 8.24. The van der Waals surface area contributed by atoms with Gasteiger partial charge in [-0.2, -0.15) is 0 Å². The van der Waals surface area contributed by atoms with E-state index in [2.05, 4.69) is 22.5 Å². The number of nitrogens with two attached hydrogens (primary N) is 1. The molecule has 0 aliphatic carbocycles. The molecule has 0 aliphatic heterocycles. The molecular weight excluding hydrogens is 324 g/mol. The lowest BCUT2D eigenvalue weighted by Crippen LogP contribution is -2.45. The van der Waals surface area contributed by atoms with Gasteiger partial charge in [0.15, 0.2) is 0 Å². The van der Waals surface area contributed by atoms with Gasteiger partial charge in [0.25, 0.3) is 0 Å². The summed E-state index contributed by atoms with van der Waals surface area (Å²) in [5, 5.41) is 14.4. The van der Waals surface area contributed by atoms with Crippen molar-refractivity contribution in [1.82, 2.24) is 10.3 Å². The number of hydrogen-bond donors (Lipinski definition) is 4. The largest absolute Gasteiger partial charge is 0.478 e. The molecule has 8 heteroatoms. The summed E-state index contributed by atoms with van der Waals surface area (Å²) in [6.07, 6.45) is 5.68. The van der Waals surface area contributed by atoms with E-state index < -0.39 is 17.4 Å². The Hall–Kier alpha value is -2.64. The van der Waals surface area contributed by atoms with Crippen LogP contribution in [0.1, 0.15) is 63.2 Å². The van der Waals surface area contributed by atoms with Crippen molar-refractivity contribution >= 4 is 29.2 Å². The molecule has 1 rings (SSSR count). The zero-order valence-corrected chi connectivity index (χ0v) is 14.9. The first-order valence-corrected chi connectivity index (χ1v) is 8.24. The number of anilines is 2. The standard InChI is InChI=1S/C17H26N4O4/c1-4-5-6-7-13(22)21-17(2,3)8-14(23)20-12-10-19-9-11(15(12)18)16(24)25/h9-10H,4-8H2,1-3H3,(H2,18,19)(H,20,23)(H,21,22)(H,24,25). The zero-order valence-electron chi connectivity index (χ0n) is 14.9. The topological polar surface area (TPSA) is 134 Å². The number of carbonyl (C=O) groups excluding carboxylic acids is 2. The third kappa shape index (κ3) is 6.78. The third-order valence-electron chi connectivity index (χ3n) is 3.58. The molecule has 0 saturated carbocycles. The maximum absolute atomic E-state index is 12.2. The highest BCUT2D eigenvalue weighted by atomic mass is 16.4. The molecule has 0 atom stereocenters. The van der Waals surface area contributed by atoms with E-state index in [1.165, 1.54) is 6.20 Å². The summed E-state index contributed by atoms with van der Waals surface area (Å²) in [5.41, 5.74) is 4.90. The molecule has 0 aromatic carbocycles. The Morgan fingerprint density at radius 3 is 2.48 bits per heavy atom. The van der Waals surface area contributed by atoms with Crippen molar-refractivity contribution in [3.8, 4) is 0 Å². The van der Waals surface area contributed by atoms with Crippen LogP contribution >= 0.6 is 0 Å². The molecule has 5 N–H and O–H groups in total. The molecule has 8 nitrogen and oxygen atoms in total. The molecule has 0 aliphatic rings. The Balaban J connectivity index is 2.65. The summed E-state index contributed by atoms with van der Waals surface area (Å²) in [6.45, 7) is 5.56. The fraction of sp³-hybridized carbons (Fsp3) is 0.529. The maximum Gasteiger partial charge on any atom is 0.339 e. The van der Waals surface area contributed by atoms with Gasteiger partial charge in [-0.3, -0.25) is 14.6 Å². The summed E-state index contributed by atoms with van der Waals surface area (Å²) in [6, 6.07) is 0. The molecule has 138 valence electrons. The fourth-order valence-electron chi connectivity index (χ4n) is 2.36. The number of carboxylic acids is 1. The molecule has 0 saturated heterocycles. The van der Waals surface area contributed by atoms with Crippen LogP contribution in [0.2, 0.25) is 0 Å². The highest BCUT2D eigenvalue weighted by Crippen LogP contribution is 2.22. The number of hydrogen-bond acceptors (Lipinski definition) is 5. The minimum atomic E-state index is -1.22. The molecular formula is C17H26N4O4. The van der Waals surface area contributed by atoms with Gasteiger partial charge in [0.05, 0.1) is 17.6 Å². The Kier molecular flexibility index (Phi) is 7.35. The molecule has 2 amide bonds. The normalized spacial score (nSPS) is 11.0. The smallest absolute Gasteiger partial charge is 0.339 e. The minimum absolute atomic E-state index is 0.0171. The predicted molar refractivity (Wildman–Crippen MR) is 95.2 cm³/mol. The predicted octanol–water partition coefficient (Wildman–Crippen LogP) is 2.17. The quantitative estimate of drug-likeness (QED) is 0.504. The van der Waals surface area contributed by atoms with Gasteiger partial charge in [0.2, 0.25) is 11.8 Å². The van der Waals surface area contributed by atoms with Crippen LogP contribution in [-0.2, 0) is 9.59 Å². The number of amides is 2. The number of aromatic nitrogens is 1. The van der Waals surface area contributed by atoms with E-state index in [9.17, 15) is 14.4 Å². The number of carboxylic acid groups (broad SMARTS) is 1. The molecule has 1 heterocycles. The van der Waals surface area contributed by atoms with Crippen molar-refractivity contribution in [3.05, 3.63) is 18.0 Å². The molecule has 1 aromatic rings. The van der Waals surface area contributed by atoms with Gasteiger partial charge in [-0.1, -0.05) is 19.8 Å². The summed E-state index contributed by atoms with van der Waals surface area (Å²) in [7, 11) is 0. The summed E-state index contributed by atoms with van der Waals surface area (Å²) in [5.74, 6) is -1.71. The van der Waals surface area contributed by atoms with Crippen molar-refractivity contribution in [2.75, 3.05) is 11.1 Å². The van der Waals surface area contributed by atoms with Gasteiger partial charge in [0, 0.05) is 24.6 Å². The Labute approximate surface area is 147 Å². The number of nitrogens with zero attached hydrogens (tertiary/aromatic N) is 1. The van der Waals surface area contributed by atoms with Gasteiger partial charge < -0.3 is 21.5 Å². The van der Waals surface area contributed by atoms with Crippen LogP contribution < -0.4 is 16.4 Å². The van der Waals surface area contributed by atoms with Gasteiger partial charge in [0.1, 0.15) is 5.56 Å².